The van der Waals surface area contributed by atoms with Crippen LogP contribution in [-0.2, 0) is 6.42 Å². The van der Waals surface area contributed by atoms with Crippen LogP contribution in [0, 0.1) is 0 Å². The van der Waals surface area contributed by atoms with Gasteiger partial charge < -0.3 is 9.80 Å². The van der Waals surface area contributed by atoms with Gasteiger partial charge in [0.1, 0.15) is 0 Å². The van der Waals surface area contributed by atoms with Crippen molar-refractivity contribution in [3.05, 3.63) is 52.8 Å². The molecule has 0 atom stereocenters. The number of rotatable bonds is 5. The molecule has 1 fully saturated rings. The van der Waals surface area contributed by atoms with Gasteiger partial charge >= 0.3 is 0 Å². The summed E-state index contributed by atoms with van der Waals surface area (Å²) in [4.78, 5) is 22.1. The Morgan fingerprint density at radius 1 is 1.10 bits per heavy atom. The molecule has 7 heteroatoms. The van der Waals surface area contributed by atoms with Crippen molar-refractivity contribution in [2.24, 2.45) is 0 Å². The Labute approximate surface area is 176 Å². The smallest absolute Gasteiger partial charge is 0.257 e. The number of likely N-dealkylation sites (N-methyl/N-ethyl adjacent to an activating group) is 1. The largest absolute Gasteiger partial charge is 0.336 e. The summed E-state index contributed by atoms with van der Waals surface area (Å²) < 4.78 is 1.84. The number of piperazine rings is 1. The van der Waals surface area contributed by atoms with Crippen molar-refractivity contribution >= 4 is 23.2 Å². The minimum atomic E-state index is 0.0575. The van der Waals surface area contributed by atoms with E-state index in [2.05, 4.69) is 23.7 Å². The summed E-state index contributed by atoms with van der Waals surface area (Å²) in [5, 5.41) is 5.47. The molecule has 29 heavy (non-hydrogen) atoms. The molecule has 4 rings (SSSR count). The van der Waals surface area contributed by atoms with Crippen LogP contribution < -0.4 is 0 Å². The molecule has 1 amide bonds. The van der Waals surface area contributed by atoms with Gasteiger partial charge in [-0.3, -0.25) is 4.79 Å². The van der Waals surface area contributed by atoms with E-state index in [0.717, 1.165) is 68.2 Å². The molecule has 0 saturated carbocycles. The van der Waals surface area contributed by atoms with Crippen LogP contribution in [0.4, 0.5) is 0 Å². The summed E-state index contributed by atoms with van der Waals surface area (Å²) in [5.74, 6) is 0.0575. The Balaban J connectivity index is 1.70. The Hall–Kier alpha value is -2.44. The molecule has 0 unspecified atom stereocenters. The lowest BCUT2D eigenvalue weighted by Crippen LogP contribution is -2.48. The molecule has 1 saturated heterocycles. The second-order valence-corrected chi connectivity index (χ2v) is 7.84. The average molecular weight is 412 g/mol. The Bertz CT molecular complexity index is 1010. The van der Waals surface area contributed by atoms with Gasteiger partial charge in [-0.15, -0.1) is 0 Å². The number of nitrogens with zero attached hydrogens (tertiary/aromatic N) is 5. The first-order valence-electron chi connectivity index (χ1n) is 10.3. The highest BCUT2D eigenvalue weighted by molar-refractivity contribution is 6.30. The van der Waals surface area contributed by atoms with Crippen LogP contribution in [0.15, 0.2) is 36.5 Å². The minimum absolute atomic E-state index is 0.0575. The van der Waals surface area contributed by atoms with Crippen molar-refractivity contribution in [3.63, 3.8) is 0 Å². The molecule has 2 aromatic heterocycles. The van der Waals surface area contributed by atoms with Crippen LogP contribution in [0.3, 0.4) is 0 Å². The fraction of sp³-hybridized carbons (Fsp3) is 0.409. The number of aryl methyl sites for hydroxylation is 1. The van der Waals surface area contributed by atoms with Gasteiger partial charge in [-0.05, 0) is 25.1 Å². The van der Waals surface area contributed by atoms with Gasteiger partial charge in [-0.1, -0.05) is 44.0 Å². The maximum Gasteiger partial charge on any atom is 0.257 e. The van der Waals surface area contributed by atoms with E-state index in [-0.39, 0.29) is 5.91 Å². The SMILES string of the molecule is CCCc1c(C(=O)N2CCN(CC)CC2)cnc2cc(-c3ccc(Cl)cc3)nn12. The molecule has 1 aromatic carbocycles. The van der Waals surface area contributed by atoms with Crippen molar-refractivity contribution < 1.29 is 4.79 Å². The third-order valence-corrected chi connectivity index (χ3v) is 5.80. The number of hydrogen-bond donors (Lipinski definition) is 0. The molecule has 1 aliphatic rings. The van der Waals surface area contributed by atoms with E-state index in [9.17, 15) is 4.79 Å². The molecular weight excluding hydrogens is 386 g/mol. The highest BCUT2D eigenvalue weighted by Crippen LogP contribution is 2.24. The summed E-state index contributed by atoms with van der Waals surface area (Å²) >= 11 is 6.01. The van der Waals surface area contributed by atoms with E-state index >= 15 is 0 Å². The number of halogens is 1. The monoisotopic (exact) mass is 411 g/mol. The van der Waals surface area contributed by atoms with E-state index in [4.69, 9.17) is 16.7 Å². The predicted molar refractivity (Wildman–Crippen MR) is 115 cm³/mol. The number of benzene rings is 1. The van der Waals surface area contributed by atoms with Gasteiger partial charge in [0.15, 0.2) is 5.65 Å². The molecule has 0 aliphatic carbocycles. The lowest BCUT2D eigenvalue weighted by molar-refractivity contribution is 0.0641. The molecule has 6 nitrogen and oxygen atoms in total. The number of aromatic nitrogens is 3. The van der Waals surface area contributed by atoms with Crippen molar-refractivity contribution in [1.82, 2.24) is 24.4 Å². The predicted octanol–water partition coefficient (Wildman–Crippen LogP) is 3.78. The number of amides is 1. The van der Waals surface area contributed by atoms with Crippen LogP contribution in [0.25, 0.3) is 16.9 Å². The summed E-state index contributed by atoms with van der Waals surface area (Å²) in [6.07, 6.45) is 3.43. The first kappa shape index (κ1) is 19.9. The number of carbonyl (C=O) groups excluding carboxylic acids is 1. The Morgan fingerprint density at radius 2 is 1.83 bits per heavy atom. The summed E-state index contributed by atoms with van der Waals surface area (Å²) in [6, 6.07) is 9.56. The van der Waals surface area contributed by atoms with Crippen LogP contribution in [-0.4, -0.2) is 63.0 Å². The fourth-order valence-electron chi connectivity index (χ4n) is 3.84. The highest BCUT2D eigenvalue weighted by Gasteiger charge is 2.25. The molecule has 0 N–H and O–H groups in total. The number of carbonyl (C=O) groups is 1. The van der Waals surface area contributed by atoms with Crippen LogP contribution in [0.1, 0.15) is 36.3 Å². The minimum Gasteiger partial charge on any atom is -0.336 e. The Morgan fingerprint density at radius 3 is 2.48 bits per heavy atom. The van der Waals surface area contributed by atoms with E-state index in [1.807, 2.05) is 39.7 Å². The quantitative estimate of drug-likeness (QED) is 0.641. The van der Waals surface area contributed by atoms with Gasteiger partial charge in [0.25, 0.3) is 5.91 Å². The zero-order valence-electron chi connectivity index (χ0n) is 16.9. The zero-order chi connectivity index (χ0) is 20.4. The molecule has 0 spiro atoms. The Kier molecular flexibility index (Phi) is 5.83. The summed E-state index contributed by atoms with van der Waals surface area (Å²) in [6.45, 7) is 8.65. The lowest BCUT2D eigenvalue weighted by atomic mass is 10.1. The van der Waals surface area contributed by atoms with Crippen LogP contribution in [0.5, 0.6) is 0 Å². The molecule has 3 aromatic rings. The molecular formula is C22H26ClN5O. The average Bonchev–Trinajstić information content (AvgIpc) is 3.19. The molecule has 152 valence electrons. The second kappa shape index (κ2) is 8.51. The van der Waals surface area contributed by atoms with Crippen molar-refractivity contribution in [2.75, 3.05) is 32.7 Å². The van der Waals surface area contributed by atoms with Gasteiger partial charge in [-0.25, -0.2) is 9.50 Å². The molecule has 0 bridgehead atoms. The van der Waals surface area contributed by atoms with Crippen molar-refractivity contribution in [2.45, 2.75) is 26.7 Å². The third kappa shape index (κ3) is 4.00. The van der Waals surface area contributed by atoms with E-state index in [1.54, 1.807) is 6.20 Å². The van der Waals surface area contributed by atoms with E-state index in [0.29, 0.717) is 10.6 Å². The first-order valence-corrected chi connectivity index (χ1v) is 10.6. The van der Waals surface area contributed by atoms with Gasteiger partial charge in [0, 0.05) is 49.0 Å². The lowest BCUT2D eigenvalue weighted by Gasteiger charge is -2.34. The maximum absolute atomic E-state index is 13.3. The fourth-order valence-corrected chi connectivity index (χ4v) is 3.96. The number of fused-ring (bicyclic) bond motifs is 1. The van der Waals surface area contributed by atoms with Crippen molar-refractivity contribution in [3.8, 4) is 11.3 Å². The van der Waals surface area contributed by atoms with E-state index < -0.39 is 0 Å². The second-order valence-electron chi connectivity index (χ2n) is 7.40. The first-order chi connectivity index (χ1) is 14.1. The molecule has 3 heterocycles. The molecule has 0 radical (unpaired) electrons. The standard InChI is InChI=1S/C22H26ClN5O/c1-3-5-20-18(22(29)27-12-10-26(4-2)11-13-27)15-24-21-14-19(25-28(20)21)16-6-8-17(23)9-7-16/h6-9,14-15H,3-5,10-13H2,1-2H3. The third-order valence-electron chi connectivity index (χ3n) is 5.55. The van der Waals surface area contributed by atoms with Crippen molar-refractivity contribution in [1.29, 1.82) is 0 Å². The normalized spacial score (nSPS) is 15.2. The van der Waals surface area contributed by atoms with Crippen LogP contribution >= 0.6 is 11.6 Å². The highest BCUT2D eigenvalue weighted by atomic mass is 35.5. The summed E-state index contributed by atoms with van der Waals surface area (Å²) in [5.41, 5.74) is 4.15. The van der Waals surface area contributed by atoms with Gasteiger partial charge in [0.2, 0.25) is 0 Å². The zero-order valence-corrected chi connectivity index (χ0v) is 17.7. The van der Waals surface area contributed by atoms with E-state index in [1.165, 1.54) is 0 Å². The molecule has 1 aliphatic heterocycles. The van der Waals surface area contributed by atoms with Gasteiger partial charge in [-0.2, -0.15) is 5.10 Å². The topological polar surface area (TPSA) is 53.7 Å². The number of hydrogen-bond acceptors (Lipinski definition) is 4. The van der Waals surface area contributed by atoms with Gasteiger partial charge in [0.05, 0.1) is 17.0 Å². The van der Waals surface area contributed by atoms with Crippen LogP contribution in [0.2, 0.25) is 5.02 Å². The summed E-state index contributed by atoms with van der Waals surface area (Å²) in [7, 11) is 0. The maximum atomic E-state index is 13.3.